The van der Waals surface area contributed by atoms with Crippen LogP contribution in [-0.4, -0.2) is 28.8 Å². The molecule has 0 saturated heterocycles. The van der Waals surface area contributed by atoms with Gasteiger partial charge < -0.3 is 9.47 Å². The van der Waals surface area contributed by atoms with Crippen LogP contribution in [0.1, 0.15) is 29.8 Å². The molecule has 0 unspecified atom stereocenters. The van der Waals surface area contributed by atoms with Crippen molar-refractivity contribution in [2.75, 3.05) is 13.7 Å². The van der Waals surface area contributed by atoms with Crippen LogP contribution in [0.2, 0.25) is 0 Å². The van der Waals surface area contributed by atoms with Crippen molar-refractivity contribution in [3.05, 3.63) is 28.7 Å². The summed E-state index contributed by atoms with van der Waals surface area (Å²) in [6.07, 6.45) is 1.56. The summed E-state index contributed by atoms with van der Waals surface area (Å²) in [5, 5.41) is 1.32. The van der Waals surface area contributed by atoms with Gasteiger partial charge in [0.15, 0.2) is 0 Å². The second kappa shape index (κ2) is 5.47. The summed E-state index contributed by atoms with van der Waals surface area (Å²) in [5.74, 6) is 0.0753. The van der Waals surface area contributed by atoms with Gasteiger partial charge in [-0.1, -0.05) is 13.8 Å². The Morgan fingerprint density at radius 2 is 2.05 bits per heavy atom. The van der Waals surface area contributed by atoms with Gasteiger partial charge in [-0.15, -0.1) is 10.6 Å². The third kappa shape index (κ3) is 2.67. The van der Waals surface area contributed by atoms with E-state index >= 15 is 0 Å². The summed E-state index contributed by atoms with van der Waals surface area (Å²) >= 11 is 0. The van der Waals surface area contributed by atoms with Crippen molar-refractivity contribution in [1.82, 2.24) is 0 Å². The zero-order valence-corrected chi connectivity index (χ0v) is 12.4. The lowest BCUT2D eigenvalue weighted by Gasteiger charge is -2.26. The Morgan fingerprint density at radius 1 is 1.35 bits per heavy atom. The zero-order chi connectivity index (χ0) is 14.9. The first kappa shape index (κ1) is 14.9. The van der Waals surface area contributed by atoms with Gasteiger partial charge in [-0.05, 0) is 24.1 Å². The maximum absolute atomic E-state index is 12.0. The maximum Gasteiger partial charge on any atom is 0.341 e. The molecule has 5 nitrogen and oxygen atoms in total. The molecule has 0 spiro atoms. The fourth-order valence-corrected chi connectivity index (χ4v) is 3.16. The number of fused-ring (bicyclic) bond motifs is 1. The fraction of sp³-hybridized carbons (Fsp3) is 0.357. The molecule has 1 aromatic carbocycles. The SMILES string of the molecule is COc1c(C(=O)OCC(C)C)ccc2c1C=CS2(O)O. The minimum atomic E-state index is -2.92. The molecule has 1 aliphatic rings. The van der Waals surface area contributed by atoms with Gasteiger partial charge in [-0.2, -0.15) is 0 Å². The molecule has 1 heterocycles. The minimum Gasteiger partial charge on any atom is -0.495 e. The number of ether oxygens (including phenoxy) is 2. The van der Waals surface area contributed by atoms with Gasteiger partial charge in [0.2, 0.25) is 0 Å². The van der Waals surface area contributed by atoms with Gasteiger partial charge in [-0.3, -0.25) is 9.11 Å². The zero-order valence-electron chi connectivity index (χ0n) is 11.6. The summed E-state index contributed by atoms with van der Waals surface area (Å²) in [5.41, 5.74) is 0.806. The van der Waals surface area contributed by atoms with Crippen molar-refractivity contribution in [3.63, 3.8) is 0 Å². The van der Waals surface area contributed by atoms with Gasteiger partial charge in [-0.25, -0.2) is 4.79 Å². The number of rotatable bonds is 4. The Kier molecular flexibility index (Phi) is 4.08. The Hall–Kier alpha value is -1.50. The predicted molar refractivity (Wildman–Crippen MR) is 78.3 cm³/mol. The maximum atomic E-state index is 12.0. The molecule has 0 aromatic heterocycles. The van der Waals surface area contributed by atoms with Crippen LogP contribution in [0.3, 0.4) is 0 Å². The van der Waals surface area contributed by atoms with Gasteiger partial charge in [0, 0.05) is 11.0 Å². The van der Waals surface area contributed by atoms with Crippen molar-refractivity contribution in [2.24, 2.45) is 5.92 Å². The quantitative estimate of drug-likeness (QED) is 0.831. The molecule has 0 fully saturated rings. The predicted octanol–water partition coefficient (Wildman–Crippen LogP) is 3.60. The van der Waals surface area contributed by atoms with Gasteiger partial charge in [0.1, 0.15) is 11.3 Å². The van der Waals surface area contributed by atoms with E-state index in [-0.39, 0.29) is 11.5 Å². The minimum absolute atomic E-state index is 0.242. The average Bonchev–Trinajstić information content (AvgIpc) is 2.71. The second-order valence-corrected chi connectivity index (χ2v) is 6.84. The molecule has 0 aliphatic carbocycles. The summed E-state index contributed by atoms with van der Waals surface area (Å²) in [4.78, 5) is 12.4. The number of hydrogen-bond acceptors (Lipinski definition) is 5. The Labute approximate surface area is 119 Å². The smallest absolute Gasteiger partial charge is 0.341 e. The Morgan fingerprint density at radius 3 is 2.65 bits per heavy atom. The van der Waals surface area contributed by atoms with E-state index in [1.165, 1.54) is 24.7 Å². The molecular weight excluding hydrogens is 280 g/mol. The fourth-order valence-electron chi connectivity index (χ4n) is 1.94. The highest BCUT2D eigenvalue weighted by Gasteiger charge is 2.28. The van der Waals surface area contributed by atoms with Crippen LogP contribution in [0.25, 0.3) is 6.08 Å². The van der Waals surface area contributed by atoms with Crippen molar-refractivity contribution >= 4 is 22.6 Å². The summed E-state index contributed by atoms with van der Waals surface area (Å²) < 4.78 is 30.1. The van der Waals surface area contributed by atoms with Crippen molar-refractivity contribution < 1.29 is 23.4 Å². The highest BCUT2D eigenvalue weighted by Crippen LogP contribution is 2.58. The van der Waals surface area contributed by atoms with Gasteiger partial charge in [0.05, 0.1) is 18.6 Å². The molecule has 0 atom stereocenters. The van der Waals surface area contributed by atoms with Crippen LogP contribution in [0.4, 0.5) is 0 Å². The molecule has 6 heteroatoms. The number of methoxy groups -OCH3 is 1. The lowest BCUT2D eigenvalue weighted by molar-refractivity contribution is 0.0455. The van der Waals surface area contributed by atoms with E-state index in [1.807, 2.05) is 13.8 Å². The summed E-state index contributed by atoms with van der Waals surface area (Å²) in [6.45, 7) is 4.22. The topological polar surface area (TPSA) is 76.0 Å². The summed E-state index contributed by atoms with van der Waals surface area (Å²) in [7, 11) is -1.48. The molecule has 1 aliphatic heterocycles. The summed E-state index contributed by atoms with van der Waals surface area (Å²) in [6, 6.07) is 3.03. The standard InChI is InChI=1S/C14H18O5S/c1-9(2)8-19-14(15)11-4-5-12-10(13(11)18-3)6-7-20(12,16)17/h4-7,9,16-17H,8H2,1-3H3. The van der Waals surface area contributed by atoms with Crippen LogP contribution < -0.4 is 4.74 Å². The van der Waals surface area contributed by atoms with E-state index in [0.29, 0.717) is 22.8 Å². The Bertz CT molecular complexity index is 563. The molecule has 110 valence electrons. The normalized spacial score (nSPS) is 16.9. The second-order valence-electron chi connectivity index (χ2n) is 4.95. The molecule has 1 aromatic rings. The van der Waals surface area contributed by atoms with Crippen LogP contribution >= 0.6 is 10.6 Å². The molecule has 0 radical (unpaired) electrons. The van der Waals surface area contributed by atoms with E-state index in [1.54, 1.807) is 6.08 Å². The van der Waals surface area contributed by atoms with Crippen LogP contribution in [0, 0.1) is 5.92 Å². The molecule has 2 N–H and O–H groups in total. The molecule has 2 rings (SSSR count). The Balaban J connectivity index is 2.37. The van der Waals surface area contributed by atoms with E-state index in [0.717, 1.165) is 0 Å². The monoisotopic (exact) mass is 298 g/mol. The van der Waals surface area contributed by atoms with E-state index in [4.69, 9.17) is 9.47 Å². The van der Waals surface area contributed by atoms with Crippen molar-refractivity contribution in [3.8, 4) is 5.75 Å². The molecule has 0 saturated carbocycles. The van der Waals surface area contributed by atoms with Crippen LogP contribution in [0.5, 0.6) is 5.75 Å². The molecular formula is C14H18O5S. The largest absolute Gasteiger partial charge is 0.495 e. The highest BCUT2D eigenvalue weighted by atomic mass is 32.3. The highest BCUT2D eigenvalue weighted by molar-refractivity contribution is 8.27. The first-order chi connectivity index (χ1) is 9.36. The van der Waals surface area contributed by atoms with Crippen LogP contribution in [0.15, 0.2) is 22.4 Å². The van der Waals surface area contributed by atoms with Crippen molar-refractivity contribution in [1.29, 1.82) is 0 Å². The first-order valence-corrected chi connectivity index (χ1v) is 7.82. The van der Waals surface area contributed by atoms with E-state index < -0.39 is 16.6 Å². The molecule has 0 bridgehead atoms. The lowest BCUT2D eigenvalue weighted by atomic mass is 10.1. The van der Waals surface area contributed by atoms with Gasteiger partial charge in [0.25, 0.3) is 0 Å². The van der Waals surface area contributed by atoms with E-state index in [2.05, 4.69) is 0 Å². The lowest BCUT2D eigenvalue weighted by Crippen LogP contribution is -2.12. The number of carbonyl (C=O) groups is 1. The van der Waals surface area contributed by atoms with Crippen molar-refractivity contribution in [2.45, 2.75) is 18.7 Å². The number of hydrogen-bond donors (Lipinski definition) is 2. The number of benzene rings is 1. The third-order valence-corrected chi connectivity index (χ3v) is 4.39. The first-order valence-electron chi connectivity index (χ1n) is 6.21. The molecule has 20 heavy (non-hydrogen) atoms. The number of carbonyl (C=O) groups excluding carboxylic acids is 1. The average molecular weight is 298 g/mol. The molecule has 0 amide bonds. The van der Waals surface area contributed by atoms with Crippen LogP contribution in [-0.2, 0) is 4.74 Å². The van der Waals surface area contributed by atoms with E-state index in [9.17, 15) is 13.9 Å². The van der Waals surface area contributed by atoms with Gasteiger partial charge >= 0.3 is 5.97 Å². The number of esters is 1. The third-order valence-electron chi connectivity index (χ3n) is 2.88.